The smallest absolute Gasteiger partial charge is 0.193 e. The van der Waals surface area contributed by atoms with Crippen molar-refractivity contribution in [3.05, 3.63) is 30.1 Å². The van der Waals surface area contributed by atoms with Gasteiger partial charge in [0.1, 0.15) is 10.9 Å². The average Bonchev–Trinajstić information content (AvgIpc) is 2.96. The van der Waals surface area contributed by atoms with Crippen LogP contribution < -0.4 is 0 Å². The molecular weight excluding hydrogens is 303 g/mol. The summed E-state index contributed by atoms with van der Waals surface area (Å²) >= 11 is 1.53. The van der Waals surface area contributed by atoms with Crippen molar-refractivity contribution in [2.75, 3.05) is 12.9 Å². The lowest BCUT2D eigenvalue weighted by atomic mass is 10.3. The van der Waals surface area contributed by atoms with E-state index < -0.39 is 0 Å². The number of aromatic nitrogens is 4. The summed E-state index contributed by atoms with van der Waals surface area (Å²) in [7, 11) is 0.500. The van der Waals surface area contributed by atoms with E-state index in [0.717, 1.165) is 34.0 Å². The first-order valence-electron chi connectivity index (χ1n) is 7.00. The van der Waals surface area contributed by atoms with Gasteiger partial charge in [-0.2, -0.15) is 0 Å². The van der Waals surface area contributed by atoms with Gasteiger partial charge in [-0.05, 0) is 25.5 Å². The molecule has 7 heteroatoms. The van der Waals surface area contributed by atoms with Gasteiger partial charge in [-0.3, -0.25) is 8.79 Å². The Morgan fingerprint density at radius 2 is 2.00 bits per heavy atom. The van der Waals surface area contributed by atoms with Crippen molar-refractivity contribution in [2.45, 2.75) is 31.4 Å². The van der Waals surface area contributed by atoms with Crippen LogP contribution in [0.5, 0.6) is 0 Å². The zero-order valence-corrected chi connectivity index (χ0v) is 13.6. The second-order valence-electron chi connectivity index (χ2n) is 4.68. The van der Waals surface area contributed by atoms with Gasteiger partial charge in [0.2, 0.25) is 0 Å². The lowest BCUT2D eigenvalue weighted by Crippen LogP contribution is -2.08. The highest BCUT2D eigenvalue weighted by molar-refractivity contribution is 7.99. The summed E-state index contributed by atoms with van der Waals surface area (Å²) in [6, 6.07) is 7.95. The molecule has 1 atom stereocenters. The first kappa shape index (κ1) is 16.6. The lowest BCUT2D eigenvalue weighted by molar-refractivity contribution is 0.195. The van der Waals surface area contributed by atoms with Gasteiger partial charge in [0, 0.05) is 5.75 Å². The van der Waals surface area contributed by atoms with Gasteiger partial charge < -0.3 is 5.11 Å². The standard InChI is InChI=1S/C14H16N4OS.CH3F/c1-3-10(19)8-20-14-13-17-16-9(2)18(13)12-7-5-4-6-11(12)15-14;1-2/h4-7,10,19H,3,8H2,1-2H3;1H3. The average molecular weight is 322 g/mol. The third-order valence-corrected chi connectivity index (χ3v) is 4.34. The van der Waals surface area contributed by atoms with E-state index in [4.69, 9.17) is 0 Å². The minimum absolute atomic E-state index is 0.322. The number of aliphatic hydroxyl groups excluding tert-OH is 1. The van der Waals surface area contributed by atoms with Crippen molar-refractivity contribution in [2.24, 2.45) is 0 Å². The first-order valence-corrected chi connectivity index (χ1v) is 7.98. The molecule has 0 radical (unpaired) electrons. The third kappa shape index (κ3) is 3.20. The van der Waals surface area contributed by atoms with Crippen molar-refractivity contribution in [1.82, 2.24) is 19.6 Å². The number of benzene rings is 1. The van der Waals surface area contributed by atoms with Crippen molar-refractivity contribution in [3.63, 3.8) is 0 Å². The Morgan fingerprint density at radius 1 is 1.27 bits per heavy atom. The minimum Gasteiger partial charge on any atom is -0.392 e. The highest BCUT2D eigenvalue weighted by Crippen LogP contribution is 2.26. The molecule has 22 heavy (non-hydrogen) atoms. The molecular formula is C15H19FN4OS. The summed E-state index contributed by atoms with van der Waals surface area (Å²) < 4.78 is 11.5. The number of nitrogens with zero attached hydrogens (tertiary/aromatic N) is 4. The predicted octanol–water partition coefficient (Wildman–Crippen LogP) is 3.03. The van der Waals surface area contributed by atoms with Crippen molar-refractivity contribution >= 4 is 28.4 Å². The van der Waals surface area contributed by atoms with Gasteiger partial charge in [0.25, 0.3) is 0 Å². The van der Waals surface area contributed by atoms with E-state index in [1.54, 1.807) is 0 Å². The van der Waals surface area contributed by atoms with E-state index in [2.05, 4.69) is 15.2 Å². The van der Waals surface area contributed by atoms with E-state index in [-0.39, 0.29) is 6.10 Å². The Bertz CT molecular complexity index is 762. The van der Waals surface area contributed by atoms with Crippen LogP contribution >= 0.6 is 11.8 Å². The maximum absolute atomic E-state index is 9.72. The number of rotatable bonds is 4. The largest absolute Gasteiger partial charge is 0.392 e. The van der Waals surface area contributed by atoms with E-state index in [1.807, 2.05) is 42.5 Å². The third-order valence-electron chi connectivity index (χ3n) is 3.24. The summed E-state index contributed by atoms with van der Waals surface area (Å²) in [6.45, 7) is 3.90. The number of alkyl halides is 1. The molecule has 2 heterocycles. The topological polar surface area (TPSA) is 63.3 Å². The summed E-state index contributed by atoms with van der Waals surface area (Å²) in [5, 5.41) is 18.9. The van der Waals surface area contributed by atoms with Gasteiger partial charge in [-0.1, -0.05) is 30.8 Å². The van der Waals surface area contributed by atoms with Crippen LogP contribution in [0.1, 0.15) is 19.2 Å². The van der Waals surface area contributed by atoms with Crippen molar-refractivity contribution in [3.8, 4) is 0 Å². The number of aryl methyl sites for hydroxylation is 1. The molecule has 0 aliphatic heterocycles. The monoisotopic (exact) mass is 322 g/mol. The first-order chi connectivity index (χ1) is 10.7. The molecule has 2 aromatic heterocycles. The molecule has 0 saturated carbocycles. The summed E-state index contributed by atoms with van der Waals surface area (Å²) in [5.74, 6) is 1.46. The Hall–Kier alpha value is -1.73. The van der Waals surface area contributed by atoms with Crippen LogP contribution in [0.4, 0.5) is 4.39 Å². The maximum atomic E-state index is 9.72. The summed E-state index contributed by atoms with van der Waals surface area (Å²) in [6.07, 6.45) is 0.417. The van der Waals surface area contributed by atoms with Gasteiger partial charge in [0.15, 0.2) is 5.65 Å². The number of fused-ring (bicyclic) bond motifs is 3. The van der Waals surface area contributed by atoms with Crippen LogP contribution in [0, 0.1) is 6.92 Å². The number of para-hydroxylation sites is 2. The normalized spacial score (nSPS) is 12.2. The molecule has 0 spiro atoms. The molecule has 1 N–H and O–H groups in total. The quantitative estimate of drug-likeness (QED) is 0.748. The number of aliphatic hydroxyl groups is 1. The molecule has 3 rings (SSSR count). The van der Waals surface area contributed by atoms with Crippen molar-refractivity contribution in [1.29, 1.82) is 0 Å². The Labute approximate surface area is 132 Å². The van der Waals surface area contributed by atoms with E-state index in [1.165, 1.54) is 11.8 Å². The molecule has 0 bridgehead atoms. The van der Waals surface area contributed by atoms with E-state index in [0.29, 0.717) is 12.9 Å². The molecule has 0 aliphatic carbocycles. The predicted molar refractivity (Wildman–Crippen MR) is 87.1 cm³/mol. The minimum atomic E-state index is -0.322. The molecule has 118 valence electrons. The lowest BCUT2D eigenvalue weighted by Gasteiger charge is -2.09. The van der Waals surface area contributed by atoms with Gasteiger partial charge in [-0.15, -0.1) is 10.2 Å². The molecule has 0 aliphatic rings. The highest BCUT2D eigenvalue weighted by Gasteiger charge is 2.14. The summed E-state index contributed by atoms with van der Waals surface area (Å²) in [5.41, 5.74) is 2.68. The fourth-order valence-corrected chi connectivity index (χ4v) is 3.10. The molecule has 0 amide bonds. The molecule has 5 nitrogen and oxygen atoms in total. The number of thioether (sulfide) groups is 1. The van der Waals surface area contributed by atoms with Gasteiger partial charge in [0.05, 0.1) is 24.3 Å². The Morgan fingerprint density at radius 3 is 2.73 bits per heavy atom. The van der Waals surface area contributed by atoms with Crippen LogP contribution in [-0.2, 0) is 0 Å². The number of halogens is 1. The van der Waals surface area contributed by atoms with Crippen LogP contribution in [0.3, 0.4) is 0 Å². The van der Waals surface area contributed by atoms with Crippen LogP contribution in [-0.4, -0.2) is 43.7 Å². The molecule has 0 saturated heterocycles. The zero-order chi connectivity index (χ0) is 16.1. The fraction of sp³-hybridized carbons (Fsp3) is 0.400. The number of hydrogen-bond acceptors (Lipinski definition) is 5. The van der Waals surface area contributed by atoms with Crippen LogP contribution in [0.2, 0.25) is 0 Å². The summed E-state index contributed by atoms with van der Waals surface area (Å²) in [4.78, 5) is 4.65. The second-order valence-corrected chi connectivity index (χ2v) is 5.69. The molecule has 0 fully saturated rings. The zero-order valence-electron chi connectivity index (χ0n) is 12.8. The van der Waals surface area contributed by atoms with E-state index in [9.17, 15) is 9.50 Å². The molecule has 1 aromatic carbocycles. The van der Waals surface area contributed by atoms with Crippen molar-refractivity contribution < 1.29 is 9.50 Å². The molecule has 1 unspecified atom stereocenters. The van der Waals surface area contributed by atoms with Crippen LogP contribution in [0.15, 0.2) is 29.3 Å². The maximum Gasteiger partial charge on any atom is 0.193 e. The van der Waals surface area contributed by atoms with Crippen LogP contribution in [0.25, 0.3) is 16.7 Å². The number of hydrogen-bond donors (Lipinski definition) is 1. The highest BCUT2D eigenvalue weighted by atomic mass is 32.2. The SMILES string of the molecule is CCC(O)CSc1nc2ccccc2n2c(C)nnc12.CF. The van der Waals surface area contributed by atoms with Gasteiger partial charge >= 0.3 is 0 Å². The van der Waals surface area contributed by atoms with E-state index >= 15 is 0 Å². The second kappa shape index (κ2) is 7.51. The fourth-order valence-electron chi connectivity index (χ4n) is 2.09. The Kier molecular flexibility index (Phi) is 5.68. The van der Waals surface area contributed by atoms with Gasteiger partial charge in [-0.25, -0.2) is 4.98 Å². The Balaban J connectivity index is 0.000000847. The molecule has 3 aromatic rings.